The third kappa shape index (κ3) is 3.87. The first kappa shape index (κ1) is 15.6. The SMILES string of the molecule is COc1ncccc1CNc1ccc(Br)cc1C(F)(F)F. The summed E-state index contributed by atoms with van der Waals surface area (Å²) in [5.41, 5.74) is -0.0348. The van der Waals surface area contributed by atoms with Crippen molar-refractivity contribution in [2.45, 2.75) is 12.7 Å². The van der Waals surface area contributed by atoms with E-state index < -0.39 is 11.7 Å². The summed E-state index contributed by atoms with van der Waals surface area (Å²) < 4.78 is 44.4. The summed E-state index contributed by atoms with van der Waals surface area (Å²) in [5, 5.41) is 2.78. The van der Waals surface area contributed by atoms with E-state index in [1.54, 1.807) is 24.4 Å². The van der Waals surface area contributed by atoms with Gasteiger partial charge >= 0.3 is 6.18 Å². The lowest BCUT2D eigenvalue weighted by atomic mass is 10.1. The fourth-order valence-electron chi connectivity index (χ4n) is 1.84. The first-order valence-corrected chi connectivity index (χ1v) is 6.79. The molecule has 112 valence electrons. The second kappa shape index (κ2) is 6.34. The monoisotopic (exact) mass is 360 g/mol. The maximum atomic E-state index is 13.0. The Hall–Kier alpha value is -1.76. The molecule has 0 saturated heterocycles. The van der Waals surface area contributed by atoms with Gasteiger partial charge in [0.1, 0.15) is 0 Å². The largest absolute Gasteiger partial charge is 0.481 e. The molecular weight excluding hydrogens is 349 g/mol. The number of benzene rings is 1. The van der Waals surface area contributed by atoms with Gasteiger partial charge in [-0.25, -0.2) is 4.98 Å². The fourth-order valence-corrected chi connectivity index (χ4v) is 2.20. The van der Waals surface area contributed by atoms with Crippen molar-refractivity contribution in [2.24, 2.45) is 0 Å². The minimum absolute atomic E-state index is 0.0107. The molecule has 0 amide bonds. The van der Waals surface area contributed by atoms with Crippen LogP contribution in [0.5, 0.6) is 5.88 Å². The van der Waals surface area contributed by atoms with E-state index >= 15 is 0 Å². The number of methoxy groups -OCH3 is 1. The summed E-state index contributed by atoms with van der Waals surface area (Å²) in [6.45, 7) is 0.182. The van der Waals surface area contributed by atoms with Gasteiger partial charge in [-0.15, -0.1) is 0 Å². The Bertz CT molecular complexity index is 632. The van der Waals surface area contributed by atoms with Crippen molar-refractivity contribution in [3.8, 4) is 5.88 Å². The van der Waals surface area contributed by atoms with Crippen molar-refractivity contribution in [2.75, 3.05) is 12.4 Å². The Labute approximate surface area is 128 Å². The van der Waals surface area contributed by atoms with E-state index in [0.29, 0.717) is 15.9 Å². The van der Waals surface area contributed by atoms with E-state index in [9.17, 15) is 13.2 Å². The minimum atomic E-state index is -4.43. The lowest BCUT2D eigenvalue weighted by Crippen LogP contribution is -2.11. The van der Waals surface area contributed by atoms with Gasteiger partial charge in [-0.1, -0.05) is 22.0 Å². The molecule has 0 saturated carbocycles. The summed E-state index contributed by atoms with van der Waals surface area (Å²) in [6.07, 6.45) is -2.87. The molecular formula is C14H12BrF3N2O. The van der Waals surface area contributed by atoms with Crippen LogP contribution < -0.4 is 10.1 Å². The van der Waals surface area contributed by atoms with Crippen LogP contribution in [0.2, 0.25) is 0 Å². The number of nitrogens with zero attached hydrogens (tertiary/aromatic N) is 1. The molecule has 0 atom stereocenters. The average molecular weight is 361 g/mol. The zero-order valence-corrected chi connectivity index (χ0v) is 12.6. The van der Waals surface area contributed by atoms with Crippen molar-refractivity contribution in [3.63, 3.8) is 0 Å². The summed E-state index contributed by atoms with van der Waals surface area (Å²) in [7, 11) is 1.46. The summed E-state index contributed by atoms with van der Waals surface area (Å²) in [6, 6.07) is 7.42. The standard InChI is InChI=1S/C14H12BrF3N2O/c1-21-13-9(3-2-6-19-13)8-20-12-5-4-10(15)7-11(12)14(16,17)18/h2-7,20H,8H2,1H3. The van der Waals surface area contributed by atoms with Crippen LogP contribution in [-0.4, -0.2) is 12.1 Å². The molecule has 0 aliphatic carbocycles. The molecule has 1 aromatic heterocycles. The van der Waals surface area contributed by atoms with Crippen LogP contribution >= 0.6 is 15.9 Å². The number of nitrogens with one attached hydrogen (secondary N) is 1. The van der Waals surface area contributed by atoms with E-state index in [0.717, 1.165) is 6.07 Å². The highest BCUT2D eigenvalue weighted by atomic mass is 79.9. The Kier molecular flexibility index (Phi) is 4.72. The number of pyridine rings is 1. The number of anilines is 1. The number of aromatic nitrogens is 1. The Balaban J connectivity index is 2.24. The number of hydrogen-bond donors (Lipinski definition) is 1. The fraction of sp³-hybridized carbons (Fsp3) is 0.214. The Morgan fingerprint density at radius 2 is 2.05 bits per heavy atom. The van der Waals surface area contributed by atoms with E-state index in [-0.39, 0.29) is 12.2 Å². The van der Waals surface area contributed by atoms with Crippen molar-refractivity contribution in [1.82, 2.24) is 4.98 Å². The molecule has 7 heteroatoms. The van der Waals surface area contributed by atoms with E-state index in [1.165, 1.54) is 13.2 Å². The van der Waals surface area contributed by atoms with Gasteiger partial charge in [-0.05, 0) is 24.3 Å². The van der Waals surface area contributed by atoms with Crippen LogP contribution in [0.15, 0.2) is 41.0 Å². The van der Waals surface area contributed by atoms with Crippen molar-refractivity contribution in [3.05, 3.63) is 52.1 Å². The first-order valence-electron chi connectivity index (χ1n) is 6.00. The third-order valence-electron chi connectivity index (χ3n) is 2.80. The number of halogens is 4. The Morgan fingerprint density at radius 1 is 1.29 bits per heavy atom. The third-order valence-corrected chi connectivity index (χ3v) is 3.29. The van der Waals surface area contributed by atoms with E-state index in [4.69, 9.17) is 4.74 Å². The lowest BCUT2D eigenvalue weighted by molar-refractivity contribution is -0.137. The van der Waals surface area contributed by atoms with Crippen LogP contribution in [0.1, 0.15) is 11.1 Å². The number of alkyl halides is 3. The van der Waals surface area contributed by atoms with Crippen molar-refractivity contribution in [1.29, 1.82) is 0 Å². The molecule has 1 aromatic carbocycles. The summed E-state index contributed by atoms with van der Waals surface area (Å²) in [5.74, 6) is 0.385. The number of hydrogen-bond acceptors (Lipinski definition) is 3. The van der Waals surface area contributed by atoms with Crippen LogP contribution in [0.4, 0.5) is 18.9 Å². The van der Waals surface area contributed by atoms with Gasteiger partial charge in [0, 0.05) is 28.5 Å². The van der Waals surface area contributed by atoms with Gasteiger partial charge in [0.25, 0.3) is 0 Å². The molecule has 1 heterocycles. The van der Waals surface area contributed by atoms with Crippen LogP contribution in [0, 0.1) is 0 Å². The highest BCUT2D eigenvalue weighted by Gasteiger charge is 2.33. The second-order valence-electron chi connectivity index (χ2n) is 4.21. The van der Waals surface area contributed by atoms with Gasteiger partial charge in [-0.3, -0.25) is 0 Å². The second-order valence-corrected chi connectivity index (χ2v) is 5.13. The van der Waals surface area contributed by atoms with Crippen LogP contribution in [0.3, 0.4) is 0 Å². The first-order chi connectivity index (χ1) is 9.91. The average Bonchev–Trinajstić information content (AvgIpc) is 2.45. The van der Waals surface area contributed by atoms with E-state index in [1.807, 2.05) is 0 Å². The Morgan fingerprint density at radius 3 is 2.71 bits per heavy atom. The predicted octanol–water partition coefficient (Wildman–Crippen LogP) is 4.48. The van der Waals surface area contributed by atoms with Gasteiger partial charge in [0.2, 0.25) is 5.88 Å². The molecule has 1 N–H and O–H groups in total. The molecule has 2 rings (SSSR count). The van der Waals surface area contributed by atoms with Gasteiger partial charge in [0.15, 0.2) is 0 Å². The minimum Gasteiger partial charge on any atom is -0.481 e. The molecule has 0 aliphatic heterocycles. The lowest BCUT2D eigenvalue weighted by Gasteiger charge is -2.15. The van der Waals surface area contributed by atoms with Crippen LogP contribution in [-0.2, 0) is 12.7 Å². The summed E-state index contributed by atoms with van der Waals surface area (Å²) >= 11 is 3.05. The van der Waals surface area contributed by atoms with Gasteiger partial charge in [-0.2, -0.15) is 13.2 Å². The van der Waals surface area contributed by atoms with Crippen molar-refractivity contribution < 1.29 is 17.9 Å². The normalized spacial score (nSPS) is 11.3. The van der Waals surface area contributed by atoms with Gasteiger partial charge < -0.3 is 10.1 Å². The zero-order chi connectivity index (χ0) is 15.5. The molecule has 0 spiro atoms. The molecule has 3 nitrogen and oxygen atoms in total. The molecule has 2 aromatic rings. The number of rotatable bonds is 4. The molecule has 0 radical (unpaired) electrons. The molecule has 0 unspecified atom stereocenters. The highest BCUT2D eigenvalue weighted by molar-refractivity contribution is 9.10. The summed E-state index contributed by atoms with van der Waals surface area (Å²) in [4.78, 5) is 4.00. The maximum absolute atomic E-state index is 13.0. The number of ether oxygens (including phenoxy) is 1. The van der Waals surface area contributed by atoms with Crippen LogP contribution in [0.25, 0.3) is 0 Å². The molecule has 21 heavy (non-hydrogen) atoms. The molecule has 0 bridgehead atoms. The topological polar surface area (TPSA) is 34.1 Å². The molecule has 0 fully saturated rings. The van der Waals surface area contributed by atoms with Crippen molar-refractivity contribution >= 4 is 21.6 Å². The molecule has 0 aliphatic rings. The van der Waals surface area contributed by atoms with Gasteiger partial charge in [0.05, 0.1) is 12.7 Å². The highest BCUT2D eigenvalue weighted by Crippen LogP contribution is 2.36. The van der Waals surface area contributed by atoms with E-state index in [2.05, 4.69) is 26.2 Å². The quantitative estimate of drug-likeness (QED) is 0.872. The maximum Gasteiger partial charge on any atom is 0.418 e. The smallest absolute Gasteiger partial charge is 0.418 e. The zero-order valence-electron chi connectivity index (χ0n) is 11.0. The predicted molar refractivity (Wildman–Crippen MR) is 77.3 cm³/mol.